The van der Waals surface area contributed by atoms with Crippen LogP contribution in [-0.2, 0) is 23.7 Å². The first-order chi connectivity index (χ1) is 19.5. The molecule has 224 valence electrons. The molecule has 0 bridgehead atoms. The van der Waals surface area contributed by atoms with E-state index in [9.17, 15) is 0 Å². The topological polar surface area (TPSA) is 0 Å². The summed E-state index contributed by atoms with van der Waals surface area (Å²) in [5, 5.41) is 3.19. The predicted octanol–water partition coefficient (Wildman–Crippen LogP) is 9.81. The lowest BCUT2D eigenvalue weighted by Gasteiger charge is -2.30. The van der Waals surface area contributed by atoms with Gasteiger partial charge >= 0.3 is 0 Å². The van der Waals surface area contributed by atoms with Crippen LogP contribution in [0.5, 0.6) is 0 Å². The summed E-state index contributed by atoms with van der Waals surface area (Å²) in [6.45, 7) is 30.5. The van der Waals surface area contributed by atoms with Crippen LogP contribution in [-0.4, -0.2) is 8.80 Å². The third-order valence-corrected chi connectivity index (χ3v) is 12.9. The first-order valence-electron chi connectivity index (χ1n) is 16.3. The van der Waals surface area contributed by atoms with Crippen LogP contribution >= 0.6 is 0 Å². The van der Waals surface area contributed by atoms with Gasteiger partial charge in [-0.3, -0.25) is 0 Å². The molecule has 1 heteroatoms. The molecule has 2 unspecified atom stereocenters. The second kappa shape index (κ2) is 12.2. The Morgan fingerprint density at radius 1 is 0.571 bits per heavy atom. The molecule has 0 saturated heterocycles. The molecule has 1 aliphatic carbocycles. The van der Waals surface area contributed by atoms with Crippen LogP contribution in [0.2, 0.25) is 6.04 Å². The predicted molar refractivity (Wildman–Crippen MR) is 190 cm³/mol. The highest BCUT2D eigenvalue weighted by molar-refractivity contribution is 6.85. The zero-order valence-electron chi connectivity index (χ0n) is 29.0. The average molecular weight is 577 g/mol. The lowest BCUT2D eigenvalue weighted by Crippen LogP contribution is -2.43. The van der Waals surface area contributed by atoms with E-state index in [0.717, 1.165) is 12.8 Å². The molecule has 0 radical (unpaired) electrons. The number of hydrogen-bond acceptors (Lipinski definition) is 0. The van der Waals surface area contributed by atoms with Crippen molar-refractivity contribution in [2.45, 2.75) is 126 Å². The molecule has 0 nitrogen and oxygen atoms in total. The van der Waals surface area contributed by atoms with Gasteiger partial charge in [0.2, 0.25) is 0 Å². The second-order valence-electron chi connectivity index (χ2n) is 15.2. The number of rotatable bonds is 7. The van der Waals surface area contributed by atoms with Crippen molar-refractivity contribution in [3.05, 3.63) is 116 Å². The normalized spacial score (nSPS) is 16.9. The summed E-state index contributed by atoms with van der Waals surface area (Å²) >= 11 is 0. The Kier molecular flexibility index (Phi) is 9.34. The van der Waals surface area contributed by atoms with E-state index in [1.165, 1.54) is 61.7 Å². The third-order valence-electron chi connectivity index (χ3n) is 9.80. The maximum atomic E-state index is 2.55. The second-order valence-corrected chi connectivity index (χ2v) is 18.0. The Labute approximate surface area is 260 Å². The summed E-state index contributed by atoms with van der Waals surface area (Å²) in [4.78, 5) is 0. The van der Waals surface area contributed by atoms with E-state index in [0.29, 0.717) is 5.92 Å². The van der Waals surface area contributed by atoms with Crippen LogP contribution in [0.15, 0.2) is 76.9 Å². The van der Waals surface area contributed by atoms with Gasteiger partial charge < -0.3 is 0 Å². The van der Waals surface area contributed by atoms with Crippen LogP contribution in [0.4, 0.5) is 0 Å². The highest BCUT2D eigenvalue weighted by Gasteiger charge is 2.33. The van der Waals surface area contributed by atoms with Gasteiger partial charge in [0, 0.05) is 5.92 Å². The lowest BCUT2D eigenvalue weighted by molar-refractivity contribution is 0.566. The largest absolute Gasteiger partial charge is 0.107 e. The fourth-order valence-electron chi connectivity index (χ4n) is 6.90. The molecule has 3 aromatic rings. The molecule has 0 N–H and O–H groups in total. The Bertz CT molecular complexity index is 1460. The van der Waals surface area contributed by atoms with Crippen molar-refractivity contribution >= 4 is 19.2 Å². The molecule has 0 aromatic heterocycles. The van der Waals surface area contributed by atoms with Gasteiger partial charge in [0.15, 0.2) is 0 Å². The molecule has 0 heterocycles. The fraction of sp³-hybridized carbons (Fsp3) is 0.463. The zero-order chi connectivity index (χ0) is 31.1. The minimum absolute atomic E-state index is 0.105. The molecule has 42 heavy (non-hydrogen) atoms. The average Bonchev–Trinajstić information content (AvgIpc) is 3.12. The van der Waals surface area contributed by atoms with Crippen LogP contribution in [0.3, 0.4) is 0 Å². The van der Waals surface area contributed by atoms with Crippen molar-refractivity contribution in [3.8, 4) is 0 Å². The SMILES string of the molecule is CCc1cc(CC)cc([SiH](CC2=C(C)C(C)=C(C)C2c2cc(C(C)(C)C)cc(C(C)(C)C)c2)c2cc(C)cc(C)c2)c1. The van der Waals surface area contributed by atoms with Gasteiger partial charge in [0.1, 0.15) is 8.80 Å². The third kappa shape index (κ3) is 6.78. The van der Waals surface area contributed by atoms with Gasteiger partial charge in [-0.05, 0) is 103 Å². The lowest BCUT2D eigenvalue weighted by atomic mass is 9.76. The maximum absolute atomic E-state index is 2.55. The van der Waals surface area contributed by atoms with Crippen LogP contribution in [0.25, 0.3) is 0 Å². The molecule has 0 saturated carbocycles. The van der Waals surface area contributed by atoms with E-state index >= 15 is 0 Å². The van der Waals surface area contributed by atoms with E-state index in [4.69, 9.17) is 0 Å². The Morgan fingerprint density at radius 3 is 1.50 bits per heavy atom. The molecular formula is C41H56Si. The minimum atomic E-state index is -1.57. The van der Waals surface area contributed by atoms with E-state index < -0.39 is 8.80 Å². The molecule has 1 aliphatic rings. The molecule has 0 fully saturated rings. The highest BCUT2D eigenvalue weighted by atomic mass is 28.3. The Balaban J connectivity index is 1.93. The van der Waals surface area contributed by atoms with Crippen molar-refractivity contribution in [3.63, 3.8) is 0 Å². The molecule has 3 aromatic carbocycles. The first kappa shape index (κ1) is 32.3. The van der Waals surface area contributed by atoms with Gasteiger partial charge in [-0.25, -0.2) is 0 Å². The number of benzene rings is 3. The van der Waals surface area contributed by atoms with Crippen molar-refractivity contribution in [2.24, 2.45) is 0 Å². The standard InChI is InChI=1S/C41H56Si/c1-14-31-19-32(15-2)21-37(20-31)42(36-17-26(3)16-27(4)18-36)25-38-29(6)28(5)30(7)39(38)33-22-34(40(8,9)10)24-35(23-33)41(11,12)13/h16-24,39,42H,14-15,25H2,1-13H3. The number of hydrogen-bond donors (Lipinski definition) is 0. The van der Waals surface area contributed by atoms with E-state index in [1.54, 1.807) is 15.9 Å². The van der Waals surface area contributed by atoms with Crippen LogP contribution in [0.1, 0.15) is 121 Å². The van der Waals surface area contributed by atoms with Gasteiger partial charge in [-0.15, -0.1) is 0 Å². The molecule has 4 rings (SSSR count). The number of aryl methyl sites for hydroxylation is 4. The fourth-order valence-corrected chi connectivity index (χ4v) is 10.5. The minimum Gasteiger partial charge on any atom is -0.0613 e. The summed E-state index contributed by atoms with van der Waals surface area (Å²) in [7, 11) is -1.57. The van der Waals surface area contributed by atoms with Gasteiger partial charge in [-0.2, -0.15) is 0 Å². The monoisotopic (exact) mass is 576 g/mol. The van der Waals surface area contributed by atoms with Crippen LogP contribution in [0, 0.1) is 13.8 Å². The van der Waals surface area contributed by atoms with Crippen molar-refractivity contribution in [1.29, 1.82) is 0 Å². The Hall–Kier alpha value is -2.64. The van der Waals surface area contributed by atoms with Gasteiger partial charge in [-0.1, -0.05) is 143 Å². The van der Waals surface area contributed by atoms with Crippen molar-refractivity contribution in [2.75, 3.05) is 0 Å². The molecule has 0 amide bonds. The molecule has 0 spiro atoms. The van der Waals surface area contributed by atoms with E-state index in [1.807, 2.05) is 0 Å². The summed E-state index contributed by atoms with van der Waals surface area (Å²) in [5.74, 6) is 0.356. The zero-order valence-corrected chi connectivity index (χ0v) is 30.1. The first-order valence-corrected chi connectivity index (χ1v) is 18.2. The summed E-state index contributed by atoms with van der Waals surface area (Å²) < 4.78 is 0. The van der Waals surface area contributed by atoms with E-state index in [2.05, 4.69) is 145 Å². The highest BCUT2D eigenvalue weighted by Crippen LogP contribution is 2.47. The summed E-state index contributed by atoms with van der Waals surface area (Å²) in [5.41, 5.74) is 16.6. The maximum Gasteiger partial charge on any atom is 0.107 e. The van der Waals surface area contributed by atoms with Gasteiger partial charge in [0.25, 0.3) is 0 Å². The molecule has 0 aliphatic heterocycles. The molecular weight excluding hydrogens is 521 g/mol. The van der Waals surface area contributed by atoms with Crippen LogP contribution < -0.4 is 10.4 Å². The van der Waals surface area contributed by atoms with Crippen molar-refractivity contribution < 1.29 is 0 Å². The number of allylic oxidation sites excluding steroid dienone is 4. The van der Waals surface area contributed by atoms with Crippen molar-refractivity contribution in [1.82, 2.24) is 0 Å². The van der Waals surface area contributed by atoms with Gasteiger partial charge in [0.05, 0.1) is 0 Å². The summed E-state index contributed by atoms with van der Waals surface area (Å²) in [6, 6.07) is 23.6. The molecule has 2 atom stereocenters. The van der Waals surface area contributed by atoms with E-state index in [-0.39, 0.29) is 10.8 Å². The smallest absolute Gasteiger partial charge is 0.0613 e. The summed E-state index contributed by atoms with van der Waals surface area (Å²) in [6.07, 6.45) is 2.18. The Morgan fingerprint density at radius 2 is 1.05 bits per heavy atom. The quantitative estimate of drug-likeness (QED) is 0.246.